The van der Waals surface area contributed by atoms with Gasteiger partial charge in [0.25, 0.3) is 0 Å². The maximum absolute atomic E-state index is 7.50. The van der Waals surface area contributed by atoms with E-state index in [1.165, 1.54) is 0 Å². The molecule has 0 heterocycles. The third kappa shape index (κ3) is 471. The van der Waals surface area contributed by atoms with Crippen LogP contribution < -0.4 is 59.1 Å². The van der Waals surface area contributed by atoms with Crippen LogP contribution in [-0.2, 0) is 35.7 Å². The van der Waals surface area contributed by atoms with E-state index < -0.39 is 0 Å². The molecule has 0 aliphatic rings. The Kier molecular flexibility index (Phi) is 2870. The van der Waals surface area contributed by atoms with Gasteiger partial charge in [-0.25, -0.2) is 0 Å². The molecule has 4 nitrogen and oxygen atoms in total. The Morgan fingerprint density at radius 2 is 0.455 bits per heavy atom. The maximum atomic E-state index is 7.50. The molecule has 0 aromatic heterocycles. The number of hydrogen-bond donors (Lipinski definition) is 0. The van der Waals surface area contributed by atoms with Crippen LogP contribution in [0.5, 0.6) is 0 Å². The molecule has 0 rings (SSSR count). The van der Waals surface area contributed by atoms with Gasteiger partial charge in [0.15, 0.2) is 0 Å². The maximum Gasteiger partial charge on any atom is 1.00 e. The van der Waals surface area contributed by atoms with Crippen LogP contribution in [0.3, 0.4) is 0 Å². The molecule has 0 aliphatic heterocycles. The van der Waals surface area contributed by atoms with E-state index in [4.69, 9.17) is 18.6 Å². The molecule has 0 fully saturated rings. The van der Waals surface area contributed by atoms with Gasteiger partial charge in [0, 0.05) is 17.1 Å². The molecule has 0 saturated heterocycles. The van der Waals surface area contributed by atoms with Gasteiger partial charge >= 0.3 is 104 Å². The van der Waals surface area contributed by atoms with E-state index in [1.807, 2.05) is 0 Å². The molecular weight excluding hydrogens is 214 g/mol. The molecule has 0 spiro atoms. The minimum absolute atomic E-state index is 0. The van der Waals surface area contributed by atoms with Gasteiger partial charge in [0.2, 0.25) is 0 Å². The van der Waals surface area contributed by atoms with Crippen LogP contribution in [-0.4, -0.2) is 0 Å². The van der Waals surface area contributed by atoms with Gasteiger partial charge < -0.3 is 0 Å². The average Bonchev–Trinajstić information content (AvgIpc) is 2.03. The summed E-state index contributed by atoms with van der Waals surface area (Å²) in [5.41, 5.74) is 0. The van der Waals surface area contributed by atoms with E-state index in [9.17, 15) is 0 Å². The predicted molar refractivity (Wildman–Crippen MR) is 15.7 cm³/mol. The van der Waals surface area contributed by atoms with Crippen LogP contribution >= 0.6 is 0 Å². The van der Waals surface area contributed by atoms with Crippen molar-refractivity contribution in [3.8, 4) is 0 Å². The van der Waals surface area contributed by atoms with E-state index in [0.29, 0.717) is 0 Å². The largest absolute Gasteiger partial charge is 1.00 e. The first-order chi connectivity index (χ1) is 4.00. The van der Waals surface area contributed by atoms with Gasteiger partial charge in [0.05, 0.1) is 0 Å². The second-order valence-corrected chi connectivity index (χ2v) is 0. The van der Waals surface area contributed by atoms with Gasteiger partial charge in [-0.1, -0.05) is 0 Å². The molecule has 0 amide bonds. The third-order valence-electron chi connectivity index (χ3n) is 0. The standard InChI is InChI=1S/4CO.Fe.2Na/c4*1-2;;;/q;;;;;2*+1. The first-order valence-electron chi connectivity index (χ1n) is 0.816. The van der Waals surface area contributed by atoms with Gasteiger partial charge in [0.1, 0.15) is 0 Å². The van der Waals surface area contributed by atoms with Crippen molar-refractivity contribution >= 4 is 0 Å². The van der Waals surface area contributed by atoms with Crippen molar-refractivity contribution in [2.75, 3.05) is 0 Å². The summed E-state index contributed by atoms with van der Waals surface area (Å²) in [6, 6.07) is 0. The molecule has 0 aromatic rings. The third-order valence-corrected chi connectivity index (χ3v) is 0. The fourth-order valence-corrected chi connectivity index (χ4v) is 0. The molecule has 0 N–H and O–H groups in total. The zero-order valence-electron chi connectivity index (χ0n) is 5.99. The van der Waals surface area contributed by atoms with E-state index in [2.05, 4.69) is 26.6 Å². The molecular formula is C4FeNa2O4+2. The first kappa shape index (κ1) is 54.8. The second kappa shape index (κ2) is 576. The summed E-state index contributed by atoms with van der Waals surface area (Å²) in [4.78, 5) is 0. The van der Waals surface area contributed by atoms with Gasteiger partial charge in [-0.3, -0.25) is 0 Å². The van der Waals surface area contributed by atoms with Gasteiger partial charge in [-0.15, -0.1) is 0 Å². The normalized spacial score (nSPS) is 0.727. The summed E-state index contributed by atoms with van der Waals surface area (Å²) in [5, 5.41) is 0. The van der Waals surface area contributed by atoms with Crippen molar-refractivity contribution in [1.29, 1.82) is 0 Å². The molecule has 48 valence electrons. The van der Waals surface area contributed by atoms with Crippen LogP contribution in [0.4, 0.5) is 0 Å². The first-order valence-corrected chi connectivity index (χ1v) is 0.816. The van der Waals surface area contributed by atoms with E-state index in [-0.39, 0.29) is 76.2 Å². The SMILES string of the molecule is [C-]#[O+].[C-]#[O+].[C-]#[O+].[C-]#[O+].[Fe].[Na+].[Na+]. The zero-order chi connectivity index (χ0) is 8.00. The van der Waals surface area contributed by atoms with Gasteiger partial charge in [-0.05, 0) is 0 Å². The average molecular weight is 214 g/mol. The Balaban J connectivity index is -0.00000000356. The minimum Gasteiger partial charge on any atom is 0 e. The zero-order valence-corrected chi connectivity index (χ0v) is 11.1. The summed E-state index contributed by atoms with van der Waals surface area (Å²) in [5.74, 6) is 0. The van der Waals surface area contributed by atoms with Crippen molar-refractivity contribution in [2.45, 2.75) is 0 Å². The fourth-order valence-electron chi connectivity index (χ4n) is 0. The monoisotopic (exact) mass is 214 g/mol. The molecule has 0 radical (unpaired) electrons. The topological polar surface area (TPSA) is 79.6 Å². The van der Waals surface area contributed by atoms with Gasteiger partial charge in [-0.2, -0.15) is 0 Å². The Morgan fingerprint density at radius 1 is 0.455 bits per heavy atom. The summed E-state index contributed by atoms with van der Waals surface area (Å²) >= 11 is 0. The van der Waals surface area contributed by atoms with Crippen molar-refractivity contribution in [2.24, 2.45) is 0 Å². The van der Waals surface area contributed by atoms with Crippen LogP contribution in [0.2, 0.25) is 0 Å². The Morgan fingerprint density at radius 3 is 0.455 bits per heavy atom. The minimum atomic E-state index is 0. The van der Waals surface area contributed by atoms with E-state index in [0.717, 1.165) is 0 Å². The predicted octanol–water partition coefficient (Wildman–Crippen LogP) is -6.14. The molecule has 0 unspecified atom stereocenters. The molecule has 11 heavy (non-hydrogen) atoms. The molecule has 0 aromatic carbocycles. The Bertz CT molecular complexity index is 63.1. The molecule has 7 heteroatoms. The number of hydrogen-bond acceptors (Lipinski definition) is 0. The summed E-state index contributed by atoms with van der Waals surface area (Å²) in [7, 11) is 0. The van der Waals surface area contributed by atoms with E-state index >= 15 is 0 Å². The van der Waals surface area contributed by atoms with E-state index in [1.54, 1.807) is 0 Å². The fraction of sp³-hybridized carbons (Fsp3) is 0. The summed E-state index contributed by atoms with van der Waals surface area (Å²) in [6.45, 7) is 18.0. The summed E-state index contributed by atoms with van der Waals surface area (Å²) < 4.78 is 30.0. The van der Waals surface area contributed by atoms with Crippen molar-refractivity contribution in [3.05, 3.63) is 26.6 Å². The van der Waals surface area contributed by atoms with Crippen LogP contribution in [0.25, 0.3) is 0 Å². The molecule has 0 atom stereocenters. The Labute approximate surface area is 120 Å². The second-order valence-electron chi connectivity index (χ2n) is 0. The van der Waals surface area contributed by atoms with Crippen LogP contribution in [0.1, 0.15) is 0 Å². The quantitative estimate of drug-likeness (QED) is 0.218. The van der Waals surface area contributed by atoms with Crippen LogP contribution in [0.15, 0.2) is 0 Å². The number of rotatable bonds is 0. The molecule has 0 aliphatic carbocycles. The molecule has 0 saturated carbocycles. The van der Waals surface area contributed by atoms with Crippen molar-refractivity contribution in [3.63, 3.8) is 0 Å². The Hall–Kier alpha value is 1.48. The van der Waals surface area contributed by atoms with Crippen molar-refractivity contribution in [1.82, 2.24) is 0 Å². The van der Waals surface area contributed by atoms with Crippen LogP contribution in [0, 0.1) is 26.6 Å². The van der Waals surface area contributed by atoms with Crippen molar-refractivity contribution < 1.29 is 94.8 Å². The molecule has 0 bridgehead atoms. The summed E-state index contributed by atoms with van der Waals surface area (Å²) in [6.07, 6.45) is 0. The smallest absolute Gasteiger partial charge is 0 e.